The van der Waals surface area contributed by atoms with E-state index in [-0.39, 0.29) is 6.04 Å². The fourth-order valence-corrected chi connectivity index (χ4v) is 2.65. The van der Waals surface area contributed by atoms with Crippen LogP contribution in [0.1, 0.15) is 31.4 Å². The third kappa shape index (κ3) is 3.24. The summed E-state index contributed by atoms with van der Waals surface area (Å²) < 4.78 is 5.16. The molecule has 0 aliphatic carbocycles. The monoisotopic (exact) mass is 248 g/mol. The Balaban J connectivity index is 1.89. The number of hydrogen-bond acceptors (Lipinski definition) is 3. The van der Waals surface area contributed by atoms with Crippen LogP contribution in [0.4, 0.5) is 0 Å². The molecule has 0 saturated carbocycles. The average molecular weight is 248 g/mol. The minimum Gasteiger partial charge on any atom is -0.497 e. The Hall–Kier alpha value is -1.06. The van der Waals surface area contributed by atoms with Crippen molar-refractivity contribution < 1.29 is 4.74 Å². The van der Waals surface area contributed by atoms with Gasteiger partial charge in [0.1, 0.15) is 5.75 Å². The van der Waals surface area contributed by atoms with Crippen molar-refractivity contribution in [3.63, 3.8) is 0 Å². The van der Waals surface area contributed by atoms with Gasteiger partial charge in [-0.3, -0.25) is 0 Å². The Morgan fingerprint density at radius 3 is 2.67 bits per heavy atom. The van der Waals surface area contributed by atoms with Crippen molar-refractivity contribution >= 4 is 0 Å². The zero-order valence-electron chi connectivity index (χ0n) is 11.4. The Morgan fingerprint density at radius 1 is 1.39 bits per heavy atom. The van der Waals surface area contributed by atoms with Crippen LogP contribution in [0, 0.1) is 5.92 Å². The normalized spacial score (nSPS) is 22.1. The fourth-order valence-electron chi connectivity index (χ4n) is 2.65. The topological polar surface area (TPSA) is 38.5 Å². The van der Waals surface area contributed by atoms with Crippen molar-refractivity contribution in [3.05, 3.63) is 29.8 Å². The second-order valence-electron chi connectivity index (χ2n) is 5.20. The predicted molar refractivity (Wildman–Crippen MR) is 74.8 cm³/mol. The largest absolute Gasteiger partial charge is 0.497 e. The van der Waals surface area contributed by atoms with Gasteiger partial charge in [-0.25, -0.2) is 0 Å². The lowest BCUT2D eigenvalue weighted by Gasteiger charge is -2.21. The number of hydrogen-bond donors (Lipinski definition) is 1. The van der Waals surface area contributed by atoms with E-state index in [1.54, 1.807) is 7.11 Å². The first kappa shape index (κ1) is 13.4. The second kappa shape index (κ2) is 6.21. The van der Waals surface area contributed by atoms with E-state index in [9.17, 15) is 0 Å². The van der Waals surface area contributed by atoms with Crippen LogP contribution in [0.25, 0.3) is 0 Å². The molecule has 2 atom stereocenters. The molecule has 1 aliphatic rings. The summed E-state index contributed by atoms with van der Waals surface area (Å²) in [5.74, 6) is 1.76. The van der Waals surface area contributed by atoms with Crippen LogP contribution in [0.2, 0.25) is 0 Å². The molecule has 3 nitrogen and oxygen atoms in total. The minimum atomic E-state index is 0.103. The zero-order chi connectivity index (χ0) is 13.0. The van der Waals surface area contributed by atoms with E-state index in [0.717, 1.165) is 18.2 Å². The first-order valence-electron chi connectivity index (χ1n) is 6.84. The molecule has 1 aromatic carbocycles. The van der Waals surface area contributed by atoms with E-state index in [4.69, 9.17) is 10.5 Å². The standard InChI is InChI=1S/C15H24N2O/c1-3-12-8-9-17(10-12)11-15(16)13-4-6-14(18-2)7-5-13/h4-7,12,15H,3,8-11,16H2,1-2H3. The molecule has 0 bridgehead atoms. The highest BCUT2D eigenvalue weighted by Crippen LogP contribution is 2.22. The van der Waals surface area contributed by atoms with Gasteiger partial charge in [0.2, 0.25) is 0 Å². The Morgan fingerprint density at radius 2 is 2.11 bits per heavy atom. The van der Waals surface area contributed by atoms with Crippen molar-refractivity contribution in [1.82, 2.24) is 4.90 Å². The molecule has 2 unspecified atom stereocenters. The van der Waals surface area contributed by atoms with Crippen LogP contribution in [-0.2, 0) is 0 Å². The van der Waals surface area contributed by atoms with Crippen LogP contribution in [0.15, 0.2) is 24.3 Å². The highest BCUT2D eigenvalue weighted by Gasteiger charge is 2.22. The summed E-state index contributed by atoms with van der Waals surface area (Å²) in [6.45, 7) is 5.64. The highest BCUT2D eigenvalue weighted by molar-refractivity contribution is 5.29. The summed E-state index contributed by atoms with van der Waals surface area (Å²) in [5, 5.41) is 0. The summed E-state index contributed by atoms with van der Waals surface area (Å²) in [4.78, 5) is 2.49. The van der Waals surface area contributed by atoms with Crippen molar-refractivity contribution in [2.75, 3.05) is 26.7 Å². The minimum absolute atomic E-state index is 0.103. The molecule has 100 valence electrons. The van der Waals surface area contributed by atoms with Crippen molar-refractivity contribution in [1.29, 1.82) is 0 Å². The van der Waals surface area contributed by atoms with Gasteiger partial charge < -0.3 is 15.4 Å². The molecule has 1 aliphatic heterocycles. The van der Waals surface area contributed by atoms with Crippen molar-refractivity contribution in [2.24, 2.45) is 11.7 Å². The summed E-state index contributed by atoms with van der Waals surface area (Å²) in [6.07, 6.45) is 2.61. The van der Waals surface area contributed by atoms with Crippen molar-refractivity contribution in [3.8, 4) is 5.75 Å². The number of methoxy groups -OCH3 is 1. The Bertz CT molecular complexity index is 363. The molecule has 0 amide bonds. The molecule has 1 fully saturated rings. The van der Waals surface area contributed by atoms with Crippen molar-refractivity contribution in [2.45, 2.75) is 25.8 Å². The first-order valence-corrected chi connectivity index (χ1v) is 6.84. The molecular formula is C15H24N2O. The predicted octanol–water partition coefficient (Wildman–Crippen LogP) is 2.43. The summed E-state index contributed by atoms with van der Waals surface area (Å²) in [7, 11) is 1.68. The molecule has 3 heteroatoms. The number of benzene rings is 1. The number of ether oxygens (including phenoxy) is 1. The highest BCUT2D eigenvalue weighted by atomic mass is 16.5. The number of nitrogens with two attached hydrogens (primary N) is 1. The van der Waals surface area contributed by atoms with E-state index in [2.05, 4.69) is 24.0 Å². The molecule has 1 heterocycles. The maximum Gasteiger partial charge on any atom is 0.118 e. The second-order valence-corrected chi connectivity index (χ2v) is 5.20. The van der Waals surface area contributed by atoms with Gasteiger partial charge in [-0.1, -0.05) is 25.5 Å². The van der Waals surface area contributed by atoms with Gasteiger partial charge in [-0.2, -0.15) is 0 Å². The van der Waals surface area contributed by atoms with Crippen LogP contribution in [0.3, 0.4) is 0 Å². The van der Waals surface area contributed by atoms with E-state index in [0.29, 0.717) is 0 Å². The van der Waals surface area contributed by atoms with Gasteiger partial charge in [0, 0.05) is 19.1 Å². The SMILES string of the molecule is CCC1CCN(CC(N)c2ccc(OC)cc2)C1. The summed E-state index contributed by atoms with van der Waals surface area (Å²) in [5.41, 5.74) is 7.46. The molecule has 18 heavy (non-hydrogen) atoms. The Kier molecular flexibility index (Phi) is 4.61. The number of nitrogens with zero attached hydrogens (tertiary/aromatic N) is 1. The first-order chi connectivity index (χ1) is 8.72. The molecular weight excluding hydrogens is 224 g/mol. The van der Waals surface area contributed by atoms with Crippen LogP contribution in [-0.4, -0.2) is 31.6 Å². The van der Waals surface area contributed by atoms with Crippen LogP contribution >= 0.6 is 0 Å². The lowest BCUT2D eigenvalue weighted by Crippen LogP contribution is -2.30. The number of rotatable bonds is 5. The fraction of sp³-hybridized carbons (Fsp3) is 0.600. The van der Waals surface area contributed by atoms with Crippen LogP contribution in [0.5, 0.6) is 5.75 Å². The van der Waals surface area contributed by atoms with Gasteiger partial charge in [-0.05, 0) is 36.6 Å². The molecule has 0 radical (unpaired) electrons. The maximum absolute atomic E-state index is 6.27. The van der Waals surface area contributed by atoms with Gasteiger partial charge in [0.05, 0.1) is 7.11 Å². The molecule has 2 N–H and O–H groups in total. The maximum atomic E-state index is 6.27. The summed E-state index contributed by atoms with van der Waals surface area (Å²) in [6, 6.07) is 8.20. The molecule has 2 rings (SSSR count). The molecule has 0 spiro atoms. The number of likely N-dealkylation sites (tertiary alicyclic amines) is 1. The van der Waals surface area contributed by atoms with E-state index >= 15 is 0 Å². The van der Waals surface area contributed by atoms with Gasteiger partial charge in [0.25, 0.3) is 0 Å². The zero-order valence-corrected chi connectivity index (χ0v) is 11.4. The lowest BCUT2D eigenvalue weighted by molar-refractivity contribution is 0.302. The molecule has 1 aromatic rings. The van der Waals surface area contributed by atoms with Gasteiger partial charge in [-0.15, -0.1) is 0 Å². The molecule has 1 saturated heterocycles. The summed E-state index contributed by atoms with van der Waals surface area (Å²) >= 11 is 0. The third-order valence-electron chi connectivity index (χ3n) is 3.95. The average Bonchev–Trinajstić information content (AvgIpc) is 2.86. The Labute approximate surface area is 110 Å². The van der Waals surface area contributed by atoms with Crippen LogP contribution < -0.4 is 10.5 Å². The van der Waals surface area contributed by atoms with Gasteiger partial charge >= 0.3 is 0 Å². The smallest absolute Gasteiger partial charge is 0.118 e. The van der Waals surface area contributed by atoms with E-state index in [1.807, 2.05) is 12.1 Å². The quantitative estimate of drug-likeness (QED) is 0.869. The van der Waals surface area contributed by atoms with Gasteiger partial charge in [0.15, 0.2) is 0 Å². The third-order valence-corrected chi connectivity index (χ3v) is 3.95. The van der Waals surface area contributed by atoms with E-state index < -0.39 is 0 Å². The lowest BCUT2D eigenvalue weighted by atomic mass is 10.1. The van der Waals surface area contributed by atoms with E-state index in [1.165, 1.54) is 31.5 Å². The molecule has 0 aromatic heterocycles.